The first-order valence-electron chi connectivity index (χ1n) is 11.9. The second kappa shape index (κ2) is 8.68. The molecule has 2 aliphatic rings. The third-order valence-corrected chi connectivity index (χ3v) is 7.40. The molecule has 0 aromatic heterocycles. The van der Waals surface area contributed by atoms with Crippen LogP contribution >= 0.6 is 0 Å². The molecule has 0 spiro atoms. The minimum Gasteiger partial charge on any atom is -0.426 e. The molecule has 5 rings (SSSR count). The van der Waals surface area contributed by atoms with Crippen molar-refractivity contribution in [2.24, 2.45) is 0 Å². The smallest absolute Gasteiger partial charge is 0.315 e. The molecule has 1 saturated heterocycles. The average Bonchev–Trinajstić information content (AvgIpc) is 3.26. The highest BCUT2D eigenvalue weighted by molar-refractivity contribution is 5.76. The summed E-state index contributed by atoms with van der Waals surface area (Å²) in [6.07, 6.45) is 2.77. The Morgan fingerprint density at radius 1 is 1.03 bits per heavy atom. The molecule has 0 N–H and O–H groups in total. The molecule has 4 nitrogen and oxygen atoms in total. The van der Waals surface area contributed by atoms with Gasteiger partial charge in [-0.3, -0.25) is 9.69 Å². The van der Waals surface area contributed by atoms with E-state index in [4.69, 9.17) is 4.74 Å². The highest BCUT2D eigenvalue weighted by atomic mass is 16.5. The van der Waals surface area contributed by atoms with Crippen molar-refractivity contribution >= 4 is 11.7 Å². The first-order chi connectivity index (χ1) is 15.9. The maximum atomic E-state index is 12.6. The SMILES string of the molecule is Cc1ccc(CC(=O)Oc2ccc3c(c2)C2(C)CCN(CCc4ccccc4)C2N3C)cc1. The average molecular weight is 441 g/mol. The number of rotatable bonds is 6. The van der Waals surface area contributed by atoms with Crippen molar-refractivity contribution < 1.29 is 9.53 Å². The summed E-state index contributed by atoms with van der Waals surface area (Å²) in [6.45, 7) is 6.53. The van der Waals surface area contributed by atoms with E-state index in [1.807, 2.05) is 37.3 Å². The molecule has 0 bridgehead atoms. The van der Waals surface area contributed by atoms with Gasteiger partial charge >= 0.3 is 5.97 Å². The number of benzene rings is 3. The molecule has 2 atom stereocenters. The molecule has 0 radical (unpaired) electrons. The minimum atomic E-state index is -0.220. The standard InChI is InChI=1S/C29H32N2O2/c1-21-9-11-23(12-10-21)19-27(32)33-24-13-14-26-25(20-24)29(2)16-18-31(28(29)30(26)3)17-15-22-7-5-4-6-8-22/h4-14,20,28H,15-19H2,1-3H3. The Hall–Kier alpha value is -3.11. The van der Waals surface area contributed by atoms with Gasteiger partial charge in [0.25, 0.3) is 0 Å². The number of ether oxygens (including phenoxy) is 1. The van der Waals surface area contributed by atoms with Gasteiger partial charge < -0.3 is 9.64 Å². The number of fused-ring (bicyclic) bond motifs is 3. The van der Waals surface area contributed by atoms with Gasteiger partial charge in [-0.2, -0.15) is 0 Å². The van der Waals surface area contributed by atoms with E-state index >= 15 is 0 Å². The quantitative estimate of drug-likeness (QED) is 0.393. The minimum absolute atomic E-state index is 0.0279. The third kappa shape index (κ3) is 4.16. The number of carbonyl (C=O) groups excluding carboxylic acids is 1. The van der Waals surface area contributed by atoms with Gasteiger partial charge in [-0.1, -0.05) is 67.1 Å². The van der Waals surface area contributed by atoms with Crippen LogP contribution in [-0.4, -0.2) is 37.2 Å². The largest absolute Gasteiger partial charge is 0.426 e. The van der Waals surface area contributed by atoms with Crippen molar-refractivity contribution in [1.82, 2.24) is 4.90 Å². The lowest BCUT2D eigenvalue weighted by molar-refractivity contribution is -0.133. The van der Waals surface area contributed by atoms with Gasteiger partial charge in [-0.25, -0.2) is 0 Å². The zero-order valence-electron chi connectivity index (χ0n) is 19.8. The van der Waals surface area contributed by atoms with Crippen LogP contribution in [0.3, 0.4) is 0 Å². The molecule has 0 amide bonds. The maximum absolute atomic E-state index is 12.6. The molecule has 3 aromatic rings. The van der Waals surface area contributed by atoms with Crippen LogP contribution in [0.4, 0.5) is 5.69 Å². The van der Waals surface area contributed by atoms with E-state index in [9.17, 15) is 4.79 Å². The Balaban J connectivity index is 1.30. The normalized spacial score (nSPS) is 21.7. The summed E-state index contributed by atoms with van der Waals surface area (Å²) in [6, 6.07) is 24.9. The second-order valence-corrected chi connectivity index (χ2v) is 9.74. The first kappa shape index (κ1) is 21.7. The predicted octanol–water partition coefficient (Wildman–Crippen LogP) is 5.13. The topological polar surface area (TPSA) is 32.8 Å². The molecule has 2 aliphatic heterocycles. The van der Waals surface area contributed by atoms with Crippen LogP contribution in [0, 0.1) is 6.92 Å². The summed E-state index contributed by atoms with van der Waals surface area (Å²) < 4.78 is 5.76. The van der Waals surface area contributed by atoms with Crippen LogP contribution in [0.2, 0.25) is 0 Å². The van der Waals surface area contributed by atoms with E-state index in [0.717, 1.165) is 31.5 Å². The Bertz CT molecular complexity index is 1140. The number of likely N-dealkylation sites (N-methyl/N-ethyl adjacent to an activating group) is 1. The van der Waals surface area contributed by atoms with Crippen molar-refractivity contribution in [2.75, 3.05) is 25.0 Å². The van der Waals surface area contributed by atoms with Crippen molar-refractivity contribution in [3.05, 3.63) is 95.1 Å². The Labute approximate surface area is 196 Å². The van der Waals surface area contributed by atoms with Crippen LogP contribution in [0.1, 0.15) is 35.6 Å². The molecule has 33 heavy (non-hydrogen) atoms. The van der Waals surface area contributed by atoms with Gasteiger partial charge in [0.15, 0.2) is 0 Å². The van der Waals surface area contributed by atoms with Gasteiger partial charge in [0.2, 0.25) is 0 Å². The zero-order valence-corrected chi connectivity index (χ0v) is 19.8. The summed E-state index contributed by atoms with van der Waals surface area (Å²) in [5.41, 5.74) is 6.10. The number of nitrogens with zero attached hydrogens (tertiary/aromatic N) is 2. The fourth-order valence-corrected chi connectivity index (χ4v) is 5.64. The molecule has 4 heteroatoms. The van der Waals surface area contributed by atoms with E-state index in [0.29, 0.717) is 11.9 Å². The molecular weight excluding hydrogens is 408 g/mol. The van der Waals surface area contributed by atoms with Gasteiger partial charge in [-0.15, -0.1) is 0 Å². The summed E-state index contributed by atoms with van der Waals surface area (Å²) in [7, 11) is 2.19. The number of aryl methyl sites for hydroxylation is 1. The number of esters is 1. The van der Waals surface area contributed by atoms with Gasteiger partial charge in [0.1, 0.15) is 5.75 Å². The van der Waals surface area contributed by atoms with Crippen LogP contribution in [0.5, 0.6) is 5.75 Å². The molecule has 2 unspecified atom stereocenters. The first-order valence-corrected chi connectivity index (χ1v) is 11.9. The van der Waals surface area contributed by atoms with Crippen LogP contribution in [0.15, 0.2) is 72.8 Å². The fourth-order valence-electron chi connectivity index (χ4n) is 5.64. The highest BCUT2D eigenvalue weighted by Crippen LogP contribution is 2.52. The predicted molar refractivity (Wildman–Crippen MR) is 133 cm³/mol. The van der Waals surface area contributed by atoms with E-state index in [1.165, 1.54) is 22.4 Å². The Morgan fingerprint density at radius 2 is 1.79 bits per heavy atom. The van der Waals surface area contributed by atoms with E-state index in [2.05, 4.69) is 66.2 Å². The van der Waals surface area contributed by atoms with Gasteiger partial charge in [-0.05, 0) is 54.7 Å². The lowest BCUT2D eigenvalue weighted by atomic mass is 9.81. The van der Waals surface area contributed by atoms with E-state index in [1.54, 1.807) is 0 Å². The number of hydrogen-bond acceptors (Lipinski definition) is 4. The molecule has 2 heterocycles. The molecule has 1 fully saturated rings. The Morgan fingerprint density at radius 3 is 2.55 bits per heavy atom. The van der Waals surface area contributed by atoms with Crippen molar-refractivity contribution in [1.29, 1.82) is 0 Å². The number of hydrogen-bond donors (Lipinski definition) is 0. The van der Waals surface area contributed by atoms with Crippen LogP contribution in [0.25, 0.3) is 0 Å². The fraction of sp³-hybridized carbons (Fsp3) is 0.345. The van der Waals surface area contributed by atoms with E-state index < -0.39 is 0 Å². The van der Waals surface area contributed by atoms with Gasteiger partial charge in [0.05, 0.1) is 12.6 Å². The number of anilines is 1. The second-order valence-electron chi connectivity index (χ2n) is 9.74. The monoisotopic (exact) mass is 440 g/mol. The summed E-state index contributed by atoms with van der Waals surface area (Å²) in [5.74, 6) is 0.423. The third-order valence-electron chi connectivity index (χ3n) is 7.40. The van der Waals surface area contributed by atoms with E-state index in [-0.39, 0.29) is 17.8 Å². The summed E-state index contributed by atoms with van der Waals surface area (Å²) >= 11 is 0. The van der Waals surface area contributed by atoms with Crippen molar-refractivity contribution in [2.45, 2.75) is 44.7 Å². The van der Waals surface area contributed by atoms with Crippen LogP contribution in [-0.2, 0) is 23.1 Å². The van der Waals surface area contributed by atoms with Crippen molar-refractivity contribution in [3.8, 4) is 5.75 Å². The van der Waals surface area contributed by atoms with Gasteiger partial charge in [0, 0.05) is 31.2 Å². The lowest BCUT2D eigenvalue weighted by Crippen LogP contribution is -2.47. The Kier molecular flexibility index (Phi) is 5.71. The number of carbonyl (C=O) groups is 1. The summed E-state index contributed by atoms with van der Waals surface area (Å²) in [4.78, 5) is 17.6. The molecule has 3 aromatic carbocycles. The molecule has 170 valence electrons. The molecular formula is C29H32N2O2. The van der Waals surface area contributed by atoms with Crippen LogP contribution < -0.4 is 9.64 Å². The number of likely N-dealkylation sites (tertiary alicyclic amines) is 1. The summed E-state index contributed by atoms with van der Waals surface area (Å²) in [5, 5.41) is 0. The maximum Gasteiger partial charge on any atom is 0.315 e. The molecule has 0 saturated carbocycles. The van der Waals surface area contributed by atoms with Crippen molar-refractivity contribution in [3.63, 3.8) is 0 Å². The highest BCUT2D eigenvalue weighted by Gasteiger charge is 2.53. The lowest BCUT2D eigenvalue weighted by Gasteiger charge is -2.34. The zero-order chi connectivity index (χ0) is 23.0. The molecule has 0 aliphatic carbocycles.